The average Bonchev–Trinajstić information content (AvgIpc) is 3.31. The molecular weight excluding hydrogens is 444 g/mol. The van der Waals surface area contributed by atoms with Gasteiger partial charge >= 0.3 is 5.97 Å². The van der Waals surface area contributed by atoms with Crippen LogP contribution in [0.15, 0.2) is 48.7 Å². The Balaban J connectivity index is 1.55. The highest BCUT2D eigenvalue weighted by Gasteiger charge is 2.20. The SMILES string of the molecule is O=C(CCC[n+]1ccccc1/C=C/c1ccc(N(CCO)CCO)cc1)OC1CSSC1. The number of rotatable bonds is 12. The van der Waals surface area contributed by atoms with Crippen molar-refractivity contribution in [2.45, 2.75) is 25.5 Å². The number of aliphatic hydroxyl groups excluding tert-OH is 2. The van der Waals surface area contributed by atoms with E-state index in [1.54, 1.807) is 21.6 Å². The predicted molar refractivity (Wildman–Crippen MR) is 132 cm³/mol. The summed E-state index contributed by atoms with van der Waals surface area (Å²) in [5.41, 5.74) is 3.10. The molecule has 0 spiro atoms. The van der Waals surface area contributed by atoms with Crippen LogP contribution in [0.5, 0.6) is 0 Å². The van der Waals surface area contributed by atoms with Crippen molar-refractivity contribution in [1.82, 2.24) is 0 Å². The first kappa shape index (κ1) is 24.6. The third kappa shape index (κ3) is 7.85. The van der Waals surface area contributed by atoms with Crippen LogP contribution in [0, 0.1) is 0 Å². The van der Waals surface area contributed by atoms with Crippen LogP contribution in [0.1, 0.15) is 24.1 Å². The molecule has 32 heavy (non-hydrogen) atoms. The number of hydrogen-bond donors (Lipinski definition) is 2. The highest BCUT2D eigenvalue weighted by atomic mass is 33.1. The van der Waals surface area contributed by atoms with Crippen LogP contribution >= 0.6 is 21.6 Å². The van der Waals surface area contributed by atoms with E-state index >= 15 is 0 Å². The van der Waals surface area contributed by atoms with Crippen LogP contribution in [0.2, 0.25) is 0 Å². The van der Waals surface area contributed by atoms with Crippen molar-refractivity contribution in [2.75, 3.05) is 42.7 Å². The standard InChI is InChI=1S/C24H31N2O4S2/c27-16-14-26(15-17-28)22-10-7-20(8-11-22)6-9-21-4-1-2-12-25(21)13-3-5-24(29)30-23-18-31-32-19-23/h1-2,4,6-12,23,27-28H,3,5,13-19H2/q+1. The van der Waals surface area contributed by atoms with Crippen LogP contribution in [0.3, 0.4) is 0 Å². The Bertz CT molecular complexity index is 865. The number of aryl methyl sites for hydroxylation is 1. The summed E-state index contributed by atoms with van der Waals surface area (Å²) in [6.45, 7) is 1.83. The van der Waals surface area contributed by atoms with Crippen LogP contribution in [-0.2, 0) is 16.1 Å². The molecule has 2 N–H and O–H groups in total. The van der Waals surface area contributed by atoms with Crippen molar-refractivity contribution in [3.63, 3.8) is 0 Å². The second kappa shape index (κ2) is 13.5. The maximum absolute atomic E-state index is 12.0. The molecule has 1 aliphatic heterocycles. The number of nitrogens with zero attached hydrogens (tertiary/aromatic N) is 2. The molecule has 1 aliphatic rings. The smallest absolute Gasteiger partial charge is 0.306 e. The zero-order valence-corrected chi connectivity index (χ0v) is 19.8. The highest BCUT2D eigenvalue weighted by molar-refractivity contribution is 8.77. The predicted octanol–water partition coefficient (Wildman–Crippen LogP) is 3.02. The lowest BCUT2D eigenvalue weighted by Crippen LogP contribution is -2.36. The number of ether oxygens (including phenoxy) is 1. The van der Waals surface area contributed by atoms with Gasteiger partial charge in [-0.3, -0.25) is 4.79 Å². The number of aromatic nitrogens is 1. The maximum atomic E-state index is 12.0. The Morgan fingerprint density at radius 1 is 1.06 bits per heavy atom. The fourth-order valence-corrected chi connectivity index (χ4v) is 5.94. The van der Waals surface area contributed by atoms with Gasteiger partial charge in [0.1, 0.15) is 12.6 Å². The molecular formula is C24H31N2O4S2+. The fraction of sp³-hybridized carbons (Fsp3) is 0.417. The first-order valence-corrected chi connectivity index (χ1v) is 13.4. The summed E-state index contributed by atoms with van der Waals surface area (Å²) in [5, 5.41) is 18.4. The number of benzene rings is 1. The minimum atomic E-state index is -0.108. The zero-order valence-electron chi connectivity index (χ0n) is 18.1. The quantitative estimate of drug-likeness (QED) is 0.278. The number of pyridine rings is 1. The van der Waals surface area contributed by atoms with Crippen LogP contribution in [0.4, 0.5) is 5.69 Å². The minimum Gasteiger partial charge on any atom is -0.461 e. The van der Waals surface area contributed by atoms with Crippen LogP contribution < -0.4 is 9.47 Å². The Kier molecular flexibility index (Phi) is 10.4. The zero-order chi connectivity index (χ0) is 22.6. The van der Waals surface area contributed by atoms with Crippen LogP contribution in [-0.4, -0.2) is 60.1 Å². The van der Waals surface area contributed by atoms with Gasteiger partial charge in [0.2, 0.25) is 5.69 Å². The summed E-state index contributed by atoms with van der Waals surface area (Å²) in [6.07, 6.45) is 7.38. The number of hydrogen-bond acceptors (Lipinski definition) is 7. The van der Waals surface area contributed by atoms with E-state index in [9.17, 15) is 15.0 Å². The molecule has 0 unspecified atom stereocenters. The second-order valence-electron chi connectivity index (χ2n) is 7.46. The lowest BCUT2D eigenvalue weighted by Gasteiger charge is -2.22. The van der Waals surface area contributed by atoms with Crippen molar-refractivity contribution < 1.29 is 24.3 Å². The van der Waals surface area contributed by atoms with E-state index in [2.05, 4.69) is 22.8 Å². The molecule has 0 radical (unpaired) electrons. The number of carbonyl (C=O) groups is 1. The molecule has 0 amide bonds. The summed E-state index contributed by atoms with van der Waals surface area (Å²) >= 11 is 0. The lowest BCUT2D eigenvalue weighted by atomic mass is 10.1. The monoisotopic (exact) mass is 475 g/mol. The number of aliphatic hydroxyl groups is 2. The third-order valence-corrected chi connectivity index (χ3v) is 7.59. The number of anilines is 1. The molecule has 0 atom stereocenters. The van der Waals surface area contributed by atoms with Gasteiger partial charge in [-0.05, 0) is 29.8 Å². The molecule has 6 nitrogen and oxygen atoms in total. The molecule has 172 valence electrons. The van der Waals surface area contributed by atoms with Gasteiger partial charge in [-0.15, -0.1) is 0 Å². The number of esters is 1. The van der Waals surface area contributed by atoms with E-state index in [0.29, 0.717) is 19.5 Å². The highest BCUT2D eigenvalue weighted by Crippen LogP contribution is 2.32. The summed E-state index contributed by atoms with van der Waals surface area (Å²) in [4.78, 5) is 14.0. The Morgan fingerprint density at radius 3 is 2.47 bits per heavy atom. The first-order chi connectivity index (χ1) is 15.7. The van der Waals surface area contributed by atoms with E-state index < -0.39 is 0 Å². The molecule has 0 saturated carbocycles. The Morgan fingerprint density at radius 2 is 1.78 bits per heavy atom. The van der Waals surface area contributed by atoms with E-state index in [1.165, 1.54) is 0 Å². The molecule has 2 heterocycles. The van der Waals surface area contributed by atoms with Crippen LogP contribution in [0.25, 0.3) is 12.2 Å². The summed E-state index contributed by atoms with van der Waals surface area (Å²) in [5.74, 6) is 1.67. The van der Waals surface area contributed by atoms with Gasteiger partial charge in [-0.1, -0.05) is 33.7 Å². The summed E-state index contributed by atoms with van der Waals surface area (Å²) in [6, 6.07) is 14.1. The molecule has 2 aromatic rings. The van der Waals surface area contributed by atoms with Crippen molar-refractivity contribution in [2.24, 2.45) is 0 Å². The molecule has 1 saturated heterocycles. The molecule has 1 aromatic carbocycles. The second-order valence-corrected chi connectivity index (χ2v) is 10.0. The van der Waals surface area contributed by atoms with Gasteiger partial charge in [0, 0.05) is 54.9 Å². The van der Waals surface area contributed by atoms with E-state index in [4.69, 9.17) is 4.74 Å². The molecule has 8 heteroatoms. The average molecular weight is 476 g/mol. The number of carbonyl (C=O) groups excluding carboxylic acids is 1. The van der Waals surface area contributed by atoms with Gasteiger partial charge < -0.3 is 19.8 Å². The Labute approximate surface area is 197 Å². The van der Waals surface area contributed by atoms with Gasteiger partial charge in [-0.25, -0.2) is 0 Å². The van der Waals surface area contributed by atoms with Gasteiger partial charge in [0.15, 0.2) is 6.20 Å². The minimum absolute atomic E-state index is 0.0477. The van der Waals surface area contributed by atoms with Gasteiger partial charge in [0.05, 0.1) is 19.6 Å². The van der Waals surface area contributed by atoms with E-state index in [1.807, 2.05) is 47.5 Å². The maximum Gasteiger partial charge on any atom is 0.306 e. The van der Waals surface area contributed by atoms with Crippen molar-refractivity contribution in [3.05, 3.63) is 59.9 Å². The van der Waals surface area contributed by atoms with Crippen molar-refractivity contribution >= 4 is 45.4 Å². The van der Waals surface area contributed by atoms with Gasteiger partial charge in [0.25, 0.3) is 0 Å². The van der Waals surface area contributed by atoms with E-state index in [-0.39, 0.29) is 25.3 Å². The topological polar surface area (TPSA) is 73.9 Å². The first-order valence-electron chi connectivity index (χ1n) is 10.9. The van der Waals surface area contributed by atoms with Crippen molar-refractivity contribution in [3.8, 4) is 0 Å². The molecule has 1 fully saturated rings. The van der Waals surface area contributed by atoms with E-state index in [0.717, 1.165) is 41.4 Å². The summed E-state index contributed by atoms with van der Waals surface area (Å²) in [7, 11) is 3.52. The molecule has 0 bridgehead atoms. The van der Waals surface area contributed by atoms with Crippen molar-refractivity contribution in [1.29, 1.82) is 0 Å². The normalized spacial score (nSPS) is 14.2. The molecule has 3 rings (SSSR count). The lowest BCUT2D eigenvalue weighted by molar-refractivity contribution is -0.698. The molecule has 0 aliphatic carbocycles. The largest absolute Gasteiger partial charge is 0.461 e. The fourth-order valence-electron chi connectivity index (χ4n) is 3.44. The summed E-state index contributed by atoms with van der Waals surface area (Å²) < 4.78 is 7.65. The van der Waals surface area contributed by atoms with Gasteiger partial charge in [-0.2, -0.15) is 4.57 Å². The molecule has 1 aromatic heterocycles. The Hall–Kier alpha value is -2.00. The third-order valence-electron chi connectivity index (χ3n) is 5.09.